The van der Waals surface area contributed by atoms with Gasteiger partial charge in [-0.3, -0.25) is 9.59 Å². The average Bonchev–Trinajstić information content (AvgIpc) is 2.92. The third kappa shape index (κ3) is 4.76. The van der Waals surface area contributed by atoms with E-state index in [1.807, 2.05) is 4.90 Å². The number of hydrogen-bond acceptors (Lipinski definition) is 4. The number of amides is 1. The molecule has 0 bridgehead atoms. The monoisotopic (exact) mass is 284 g/mol. The Balaban J connectivity index is 1.62. The van der Waals surface area contributed by atoms with Gasteiger partial charge in [0.2, 0.25) is 5.91 Å². The number of likely N-dealkylation sites (tertiary alicyclic amines) is 1. The van der Waals surface area contributed by atoms with Crippen molar-refractivity contribution < 1.29 is 19.4 Å². The lowest BCUT2D eigenvalue weighted by atomic mass is 10.1. The van der Waals surface area contributed by atoms with Gasteiger partial charge in [0.25, 0.3) is 0 Å². The van der Waals surface area contributed by atoms with Gasteiger partial charge in [-0.15, -0.1) is 0 Å². The first-order chi connectivity index (χ1) is 9.65. The van der Waals surface area contributed by atoms with Gasteiger partial charge in [-0.1, -0.05) is 0 Å². The maximum absolute atomic E-state index is 12.1. The number of piperidine rings is 1. The normalized spacial score (nSPS) is 24.0. The summed E-state index contributed by atoms with van der Waals surface area (Å²) in [5.41, 5.74) is 0. The Bertz CT molecular complexity index is 334. The van der Waals surface area contributed by atoms with E-state index < -0.39 is 5.97 Å². The number of ether oxygens (including phenoxy) is 1. The van der Waals surface area contributed by atoms with Crippen molar-refractivity contribution in [2.24, 2.45) is 0 Å². The third-order valence-corrected chi connectivity index (χ3v) is 4.05. The number of nitrogens with zero attached hydrogens (tertiary/aromatic N) is 1. The highest BCUT2D eigenvalue weighted by atomic mass is 16.5. The van der Waals surface area contributed by atoms with Gasteiger partial charge in [-0.25, -0.2) is 0 Å². The summed E-state index contributed by atoms with van der Waals surface area (Å²) in [4.78, 5) is 24.5. The topological polar surface area (TPSA) is 78.9 Å². The van der Waals surface area contributed by atoms with Crippen LogP contribution < -0.4 is 5.32 Å². The van der Waals surface area contributed by atoms with E-state index in [1.54, 1.807) is 0 Å². The zero-order valence-corrected chi connectivity index (χ0v) is 11.8. The lowest BCUT2D eigenvalue weighted by Crippen LogP contribution is -2.43. The second-order valence-corrected chi connectivity index (χ2v) is 5.59. The van der Waals surface area contributed by atoms with Gasteiger partial charge in [0.05, 0.1) is 19.1 Å². The molecule has 0 spiro atoms. The average molecular weight is 284 g/mol. The summed E-state index contributed by atoms with van der Waals surface area (Å²) in [5.74, 6) is -0.602. The van der Waals surface area contributed by atoms with Crippen LogP contribution in [0.5, 0.6) is 0 Å². The van der Waals surface area contributed by atoms with Gasteiger partial charge in [-0.2, -0.15) is 0 Å². The highest BCUT2D eigenvalue weighted by molar-refractivity contribution is 5.77. The molecular weight excluding hydrogens is 260 g/mol. The molecule has 0 aromatic heterocycles. The van der Waals surface area contributed by atoms with Crippen molar-refractivity contribution in [2.75, 3.05) is 26.2 Å². The van der Waals surface area contributed by atoms with Crippen LogP contribution in [0.15, 0.2) is 0 Å². The molecule has 6 nitrogen and oxygen atoms in total. The first-order valence-corrected chi connectivity index (χ1v) is 7.49. The van der Waals surface area contributed by atoms with E-state index in [0.717, 1.165) is 45.3 Å². The van der Waals surface area contributed by atoms with E-state index in [0.29, 0.717) is 12.5 Å². The minimum Gasteiger partial charge on any atom is -0.481 e. The van der Waals surface area contributed by atoms with Crippen molar-refractivity contribution in [3.63, 3.8) is 0 Å². The molecule has 0 radical (unpaired) electrons. The molecule has 1 unspecified atom stereocenters. The maximum Gasteiger partial charge on any atom is 0.305 e. The SMILES string of the molecule is O=C(O)CCOC1CCN(C(=O)CC2CCCN2)CC1. The molecule has 2 saturated heterocycles. The van der Waals surface area contributed by atoms with Crippen LogP contribution in [0.1, 0.15) is 38.5 Å². The first-order valence-electron chi connectivity index (χ1n) is 7.49. The number of carboxylic acids is 1. The molecule has 0 aromatic carbocycles. The fourth-order valence-electron chi connectivity index (χ4n) is 2.86. The smallest absolute Gasteiger partial charge is 0.305 e. The zero-order chi connectivity index (χ0) is 14.4. The Hall–Kier alpha value is -1.14. The van der Waals surface area contributed by atoms with Gasteiger partial charge in [0.15, 0.2) is 0 Å². The van der Waals surface area contributed by atoms with Crippen molar-refractivity contribution >= 4 is 11.9 Å². The molecule has 0 saturated carbocycles. The van der Waals surface area contributed by atoms with E-state index in [2.05, 4.69) is 5.32 Å². The number of hydrogen-bond donors (Lipinski definition) is 2. The zero-order valence-electron chi connectivity index (χ0n) is 11.8. The van der Waals surface area contributed by atoms with Crippen molar-refractivity contribution in [1.29, 1.82) is 0 Å². The maximum atomic E-state index is 12.1. The van der Waals surface area contributed by atoms with E-state index in [9.17, 15) is 9.59 Å². The van der Waals surface area contributed by atoms with E-state index in [-0.39, 0.29) is 25.0 Å². The van der Waals surface area contributed by atoms with Crippen LogP contribution in [0.3, 0.4) is 0 Å². The van der Waals surface area contributed by atoms with Crippen LogP contribution in [0.2, 0.25) is 0 Å². The summed E-state index contributed by atoms with van der Waals surface area (Å²) in [6.07, 6.45) is 4.63. The lowest BCUT2D eigenvalue weighted by Gasteiger charge is -2.32. The largest absolute Gasteiger partial charge is 0.481 e. The summed E-state index contributed by atoms with van der Waals surface area (Å²) >= 11 is 0. The molecule has 6 heteroatoms. The minimum absolute atomic E-state index is 0.0481. The predicted molar refractivity (Wildman–Crippen MR) is 73.4 cm³/mol. The summed E-state index contributed by atoms with van der Waals surface area (Å²) in [6, 6.07) is 0.354. The molecular formula is C14H24N2O4. The van der Waals surface area contributed by atoms with Crippen molar-refractivity contribution in [1.82, 2.24) is 10.2 Å². The molecule has 1 atom stereocenters. The Morgan fingerprint density at radius 2 is 2.00 bits per heavy atom. The summed E-state index contributed by atoms with van der Waals surface area (Å²) in [5, 5.41) is 11.9. The molecule has 114 valence electrons. The molecule has 2 fully saturated rings. The lowest BCUT2D eigenvalue weighted by molar-refractivity contribution is -0.139. The highest BCUT2D eigenvalue weighted by Crippen LogP contribution is 2.17. The highest BCUT2D eigenvalue weighted by Gasteiger charge is 2.26. The molecule has 2 heterocycles. The van der Waals surface area contributed by atoms with Crippen LogP contribution in [0, 0.1) is 0 Å². The molecule has 2 N–H and O–H groups in total. The van der Waals surface area contributed by atoms with Gasteiger partial charge in [0.1, 0.15) is 0 Å². The van der Waals surface area contributed by atoms with Crippen molar-refractivity contribution in [3.8, 4) is 0 Å². The van der Waals surface area contributed by atoms with Crippen LogP contribution in [-0.2, 0) is 14.3 Å². The van der Waals surface area contributed by atoms with E-state index in [4.69, 9.17) is 9.84 Å². The quantitative estimate of drug-likeness (QED) is 0.747. The molecule has 2 aliphatic rings. The van der Waals surface area contributed by atoms with Gasteiger partial charge < -0.3 is 20.1 Å². The first kappa shape index (κ1) is 15.3. The number of carbonyl (C=O) groups excluding carboxylic acids is 1. The molecule has 0 aromatic rings. The number of aliphatic carboxylic acids is 1. The van der Waals surface area contributed by atoms with Crippen LogP contribution >= 0.6 is 0 Å². The predicted octanol–water partition coefficient (Wildman–Crippen LogP) is 0.611. The Morgan fingerprint density at radius 3 is 2.60 bits per heavy atom. The fourth-order valence-corrected chi connectivity index (χ4v) is 2.86. The summed E-state index contributed by atoms with van der Waals surface area (Å²) in [6.45, 7) is 2.74. The van der Waals surface area contributed by atoms with E-state index >= 15 is 0 Å². The number of rotatable bonds is 6. The Morgan fingerprint density at radius 1 is 1.25 bits per heavy atom. The molecule has 1 amide bonds. The third-order valence-electron chi connectivity index (χ3n) is 4.05. The second kappa shape index (κ2) is 7.59. The number of carboxylic acid groups (broad SMARTS) is 1. The van der Waals surface area contributed by atoms with Gasteiger partial charge >= 0.3 is 5.97 Å². The van der Waals surface area contributed by atoms with Crippen molar-refractivity contribution in [2.45, 2.75) is 50.7 Å². The summed E-state index contributed by atoms with van der Waals surface area (Å²) in [7, 11) is 0. The summed E-state index contributed by atoms with van der Waals surface area (Å²) < 4.78 is 5.52. The molecule has 0 aliphatic carbocycles. The number of nitrogens with one attached hydrogen (secondary N) is 1. The van der Waals surface area contributed by atoms with Crippen LogP contribution in [0.25, 0.3) is 0 Å². The van der Waals surface area contributed by atoms with Crippen molar-refractivity contribution in [3.05, 3.63) is 0 Å². The minimum atomic E-state index is -0.832. The van der Waals surface area contributed by atoms with Crippen LogP contribution in [-0.4, -0.2) is 60.3 Å². The Kier molecular flexibility index (Phi) is 5.79. The molecule has 2 rings (SSSR count). The Labute approximate surface area is 119 Å². The van der Waals surface area contributed by atoms with Gasteiger partial charge in [0, 0.05) is 25.6 Å². The molecule has 20 heavy (non-hydrogen) atoms. The van der Waals surface area contributed by atoms with E-state index in [1.165, 1.54) is 0 Å². The molecule has 2 aliphatic heterocycles. The van der Waals surface area contributed by atoms with Gasteiger partial charge in [-0.05, 0) is 32.2 Å². The standard InChI is InChI=1S/C14H24N2O4/c17-13(10-11-2-1-6-15-11)16-7-3-12(4-8-16)20-9-5-14(18)19/h11-12,15H,1-10H2,(H,18,19). The van der Waals surface area contributed by atoms with Crippen LogP contribution in [0.4, 0.5) is 0 Å². The second-order valence-electron chi connectivity index (χ2n) is 5.59. The fraction of sp³-hybridized carbons (Fsp3) is 0.857. The number of carbonyl (C=O) groups is 2.